The van der Waals surface area contributed by atoms with Crippen LogP contribution in [0.15, 0.2) is 35.6 Å². The van der Waals surface area contributed by atoms with Crippen molar-refractivity contribution in [1.82, 2.24) is 14.6 Å². The summed E-state index contributed by atoms with van der Waals surface area (Å²) in [6.45, 7) is 5.36. The van der Waals surface area contributed by atoms with Crippen molar-refractivity contribution in [2.45, 2.75) is 6.92 Å². The predicted molar refractivity (Wildman–Crippen MR) is 60.0 cm³/mol. The molecule has 0 aromatic carbocycles. The molecule has 0 spiro atoms. The standard InChI is InChI=1S/C10H14N4O2/c1-4-9(13(3)11-2)7-16-10(15)14-6-5-12-8-14/h4-6,8H,2,7H2,1,3H3/b9-4-. The van der Waals surface area contributed by atoms with Crippen LogP contribution in [0.1, 0.15) is 6.92 Å². The van der Waals surface area contributed by atoms with Gasteiger partial charge in [0.1, 0.15) is 12.9 Å². The average Bonchev–Trinajstić information content (AvgIpc) is 2.82. The fraction of sp³-hybridized carbons (Fsp3) is 0.300. The van der Waals surface area contributed by atoms with Crippen molar-refractivity contribution < 1.29 is 9.53 Å². The normalized spacial score (nSPS) is 11.0. The highest BCUT2D eigenvalue weighted by atomic mass is 16.5. The van der Waals surface area contributed by atoms with Gasteiger partial charge in [-0.25, -0.2) is 14.3 Å². The maximum Gasteiger partial charge on any atom is 0.419 e. The molecule has 0 atom stereocenters. The van der Waals surface area contributed by atoms with Gasteiger partial charge in [0.2, 0.25) is 0 Å². The number of hydrogen-bond donors (Lipinski definition) is 0. The number of allylic oxidation sites excluding steroid dienone is 1. The Balaban J connectivity index is 2.51. The molecule has 0 saturated heterocycles. The highest BCUT2D eigenvalue weighted by Gasteiger charge is 2.08. The molecule has 0 saturated carbocycles. The summed E-state index contributed by atoms with van der Waals surface area (Å²) in [5, 5.41) is 5.25. The van der Waals surface area contributed by atoms with E-state index in [9.17, 15) is 4.79 Å². The largest absolute Gasteiger partial charge is 0.442 e. The van der Waals surface area contributed by atoms with Crippen molar-refractivity contribution in [1.29, 1.82) is 0 Å². The highest BCUT2D eigenvalue weighted by Crippen LogP contribution is 2.03. The number of imidazole rings is 1. The number of ether oxygens (including phenoxy) is 1. The SMILES string of the molecule is C=NN(C)/C(=C\C)COC(=O)n1ccnc1. The molecule has 1 heterocycles. The Bertz CT molecular complexity index is 384. The zero-order valence-electron chi connectivity index (χ0n) is 9.33. The van der Waals surface area contributed by atoms with Gasteiger partial charge in [-0.2, -0.15) is 5.10 Å². The maximum atomic E-state index is 11.4. The number of likely N-dealkylation sites (N-methyl/N-ethyl adjacent to an activating group) is 1. The molecule has 16 heavy (non-hydrogen) atoms. The second-order valence-electron chi connectivity index (χ2n) is 2.97. The predicted octanol–water partition coefficient (Wildman–Crippen LogP) is 1.32. The van der Waals surface area contributed by atoms with Gasteiger partial charge < -0.3 is 4.74 Å². The van der Waals surface area contributed by atoms with Crippen molar-refractivity contribution in [3.63, 3.8) is 0 Å². The van der Waals surface area contributed by atoms with E-state index < -0.39 is 6.09 Å². The van der Waals surface area contributed by atoms with E-state index >= 15 is 0 Å². The van der Waals surface area contributed by atoms with Gasteiger partial charge in [-0.15, -0.1) is 0 Å². The van der Waals surface area contributed by atoms with Crippen molar-refractivity contribution in [3.05, 3.63) is 30.5 Å². The Hall–Kier alpha value is -2.11. The Kier molecular flexibility index (Phi) is 4.26. The van der Waals surface area contributed by atoms with Crippen molar-refractivity contribution >= 4 is 12.8 Å². The molecule has 0 aliphatic heterocycles. The lowest BCUT2D eigenvalue weighted by molar-refractivity contribution is 0.149. The van der Waals surface area contributed by atoms with E-state index in [-0.39, 0.29) is 6.61 Å². The lowest BCUT2D eigenvalue weighted by Crippen LogP contribution is -2.19. The van der Waals surface area contributed by atoms with Gasteiger partial charge in [0.05, 0.1) is 5.70 Å². The molecule has 0 unspecified atom stereocenters. The summed E-state index contributed by atoms with van der Waals surface area (Å²) < 4.78 is 6.31. The van der Waals surface area contributed by atoms with E-state index in [1.54, 1.807) is 18.1 Å². The van der Waals surface area contributed by atoms with E-state index in [2.05, 4.69) is 16.8 Å². The van der Waals surface area contributed by atoms with Gasteiger partial charge in [-0.3, -0.25) is 5.01 Å². The molecule has 86 valence electrons. The van der Waals surface area contributed by atoms with Crippen LogP contribution in [-0.2, 0) is 4.74 Å². The number of rotatable bonds is 4. The monoisotopic (exact) mass is 222 g/mol. The number of carbonyl (C=O) groups is 1. The minimum atomic E-state index is -0.477. The van der Waals surface area contributed by atoms with E-state index in [4.69, 9.17) is 4.74 Å². The fourth-order valence-corrected chi connectivity index (χ4v) is 1.03. The molecule has 0 radical (unpaired) electrons. The summed E-state index contributed by atoms with van der Waals surface area (Å²) in [4.78, 5) is 15.2. The van der Waals surface area contributed by atoms with Crippen LogP contribution in [0.2, 0.25) is 0 Å². The second kappa shape index (κ2) is 5.69. The molecule has 1 rings (SSSR count). The first-order valence-corrected chi connectivity index (χ1v) is 4.69. The second-order valence-corrected chi connectivity index (χ2v) is 2.97. The van der Waals surface area contributed by atoms with Gasteiger partial charge in [0.15, 0.2) is 0 Å². The molecule has 0 aliphatic carbocycles. The van der Waals surface area contributed by atoms with Crippen molar-refractivity contribution in [3.8, 4) is 0 Å². The minimum Gasteiger partial charge on any atom is -0.442 e. The summed E-state index contributed by atoms with van der Waals surface area (Å²) in [5.41, 5.74) is 0.753. The van der Waals surface area contributed by atoms with Gasteiger partial charge in [-0.05, 0) is 6.92 Å². The Morgan fingerprint density at radius 2 is 2.50 bits per heavy atom. The molecular formula is C10H14N4O2. The summed E-state index contributed by atoms with van der Waals surface area (Å²) in [5.74, 6) is 0. The van der Waals surface area contributed by atoms with E-state index in [0.717, 1.165) is 5.70 Å². The number of hydrogen-bond acceptors (Lipinski definition) is 5. The van der Waals surface area contributed by atoms with Crippen molar-refractivity contribution in [2.24, 2.45) is 5.10 Å². The van der Waals surface area contributed by atoms with Crippen LogP contribution in [0.5, 0.6) is 0 Å². The van der Waals surface area contributed by atoms with E-state index in [1.807, 2.05) is 6.92 Å². The minimum absolute atomic E-state index is 0.142. The molecule has 1 aromatic heterocycles. The summed E-state index contributed by atoms with van der Waals surface area (Å²) in [7, 11) is 1.73. The summed E-state index contributed by atoms with van der Waals surface area (Å²) in [6.07, 6.45) is 5.74. The molecule has 6 heteroatoms. The summed E-state index contributed by atoms with van der Waals surface area (Å²) in [6, 6.07) is 0. The zero-order valence-corrected chi connectivity index (χ0v) is 9.33. The van der Waals surface area contributed by atoms with Gasteiger partial charge in [-0.1, -0.05) is 6.08 Å². The molecule has 1 aromatic rings. The molecule has 0 bridgehead atoms. The third-order valence-corrected chi connectivity index (χ3v) is 2.02. The van der Waals surface area contributed by atoms with E-state index in [0.29, 0.717) is 0 Å². The molecule has 0 aliphatic rings. The van der Waals surface area contributed by atoms with Gasteiger partial charge in [0, 0.05) is 26.2 Å². The molecule has 0 amide bonds. The number of carbonyl (C=O) groups excluding carboxylic acids is 1. The Morgan fingerprint density at radius 1 is 1.75 bits per heavy atom. The zero-order chi connectivity index (χ0) is 12.0. The molecule has 0 N–H and O–H groups in total. The van der Waals surface area contributed by atoms with Crippen LogP contribution in [0.3, 0.4) is 0 Å². The number of nitrogens with zero attached hydrogens (tertiary/aromatic N) is 4. The average molecular weight is 222 g/mol. The van der Waals surface area contributed by atoms with Gasteiger partial charge in [0.25, 0.3) is 0 Å². The first-order valence-electron chi connectivity index (χ1n) is 4.69. The van der Waals surface area contributed by atoms with Crippen LogP contribution in [0.4, 0.5) is 4.79 Å². The fourth-order valence-electron chi connectivity index (χ4n) is 1.03. The smallest absolute Gasteiger partial charge is 0.419 e. The highest BCUT2D eigenvalue weighted by molar-refractivity contribution is 5.70. The number of aromatic nitrogens is 2. The Morgan fingerprint density at radius 3 is 3.00 bits per heavy atom. The van der Waals surface area contributed by atoms with Crippen molar-refractivity contribution in [2.75, 3.05) is 13.7 Å². The van der Waals surface area contributed by atoms with Gasteiger partial charge >= 0.3 is 6.09 Å². The molecular weight excluding hydrogens is 208 g/mol. The topological polar surface area (TPSA) is 59.7 Å². The molecule has 6 nitrogen and oxygen atoms in total. The first kappa shape index (κ1) is 12.0. The maximum absolute atomic E-state index is 11.4. The van der Waals surface area contributed by atoms with E-state index in [1.165, 1.54) is 23.3 Å². The molecule has 0 fully saturated rings. The van der Waals surface area contributed by atoms with Crippen LogP contribution >= 0.6 is 0 Å². The number of hydrazone groups is 1. The third-order valence-electron chi connectivity index (χ3n) is 2.02. The van der Waals surface area contributed by atoms with Crippen LogP contribution in [0, 0.1) is 0 Å². The quantitative estimate of drug-likeness (QED) is 0.569. The van der Waals surface area contributed by atoms with Crippen LogP contribution in [0.25, 0.3) is 0 Å². The third kappa shape index (κ3) is 2.94. The van der Waals surface area contributed by atoms with Crippen LogP contribution in [-0.4, -0.2) is 41.0 Å². The first-order chi connectivity index (χ1) is 7.69. The lowest BCUT2D eigenvalue weighted by Gasteiger charge is -2.16. The lowest BCUT2D eigenvalue weighted by atomic mass is 10.4. The summed E-state index contributed by atoms with van der Waals surface area (Å²) >= 11 is 0. The van der Waals surface area contributed by atoms with Crippen LogP contribution < -0.4 is 0 Å². The Labute approximate surface area is 93.8 Å².